The van der Waals surface area contributed by atoms with E-state index in [1.165, 1.54) is 6.07 Å². The Bertz CT molecular complexity index is 580. The van der Waals surface area contributed by atoms with E-state index in [1.807, 2.05) is 6.92 Å². The van der Waals surface area contributed by atoms with Gasteiger partial charge in [0, 0.05) is 18.8 Å². The van der Waals surface area contributed by atoms with Gasteiger partial charge < -0.3 is 10.8 Å². The van der Waals surface area contributed by atoms with Crippen LogP contribution in [0.3, 0.4) is 0 Å². The van der Waals surface area contributed by atoms with E-state index in [4.69, 9.17) is 10.8 Å². The highest BCUT2D eigenvalue weighted by Gasteiger charge is 2.42. The first-order valence-electron chi connectivity index (χ1n) is 6.91. The van der Waals surface area contributed by atoms with Crippen molar-refractivity contribution in [1.29, 1.82) is 0 Å². The largest absolute Gasteiger partial charge is 0.398 e. The highest BCUT2D eigenvalue weighted by atomic mass is 32.2. The molecule has 0 aromatic heterocycles. The van der Waals surface area contributed by atoms with E-state index in [9.17, 15) is 8.42 Å². The number of benzene rings is 1. The number of hydrogen-bond acceptors (Lipinski definition) is 4. The lowest BCUT2D eigenvalue weighted by Crippen LogP contribution is -2.30. The Morgan fingerprint density at radius 3 is 2.60 bits per heavy atom. The molecular formula is C14H22N2O3S. The molecule has 0 aliphatic heterocycles. The van der Waals surface area contributed by atoms with Crippen LogP contribution in [-0.4, -0.2) is 26.7 Å². The van der Waals surface area contributed by atoms with Crippen molar-refractivity contribution < 1.29 is 13.5 Å². The van der Waals surface area contributed by atoms with Crippen LogP contribution in [-0.2, 0) is 16.4 Å². The van der Waals surface area contributed by atoms with E-state index >= 15 is 0 Å². The van der Waals surface area contributed by atoms with Crippen LogP contribution >= 0.6 is 0 Å². The Labute approximate surface area is 120 Å². The van der Waals surface area contributed by atoms with Gasteiger partial charge in [-0.3, -0.25) is 0 Å². The summed E-state index contributed by atoms with van der Waals surface area (Å²) in [6.45, 7) is 2.45. The molecule has 5 nitrogen and oxygen atoms in total. The zero-order chi connectivity index (χ0) is 14.8. The minimum absolute atomic E-state index is 0.0449. The predicted molar refractivity (Wildman–Crippen MR) is 78.8 cm³/mol. The summed E-state index contributed by atoms with van der Waals surface area (Å²) >= 11 is 0. The maximum absolute atomic E-state index is 12.2. The third kappa shape index (κ3) is 3.31. The number of aliphatic hydroxyl groups is 1. The Morgan fingerprint density at radius 1 is 1.40 bits per heavy atom. The highest BCUT2D eigenvalue weighted by Crippen LogP contribution is 2.48. The third-order valence-corrected chi connectivity index (χ3v) is 5.44. The summed E-state index contributed by atoms with van der Waals surface area (Å²) in [5, 5.41) is 8.99. The number of rotatable bonds is 7. The van der Waals surface area contributed by atoms with Crippen molar-refractivity contribution in [3.8, 4) is 0 Å². The van der Waals surface area contributed by atoms with Crippen molar-refractivity contribution >= 4 is 15.7 Å². The fourth-order valence-electron chi connectivity index (χ4n) is 2.32. The second-order valence-corrected chi connectivity index (χ2v) is 7.28. The lowest BCUT2D eigenvalue weighted by molar-refractivity contribution is 0.249. The van der Waals surface area contributed by atoms with Crippen LogP contribution < -0.4 is 10.5 Å². The molecule has 0 atom stereocenters. The van der Waals surface area contributed by atoms with Crippen LogP contribution in [0.25, 0.3) is 0 Å². The molecule has 1 aromatic carbocycles. The van der Waals surface area contributed by atoms with E-state index in [2.05, 4.69) is 4.72 Å². The van der Waals surface area contributed by atoms with Crippen molar-refractivity contribution in [3.63, 3.8) is 0 Å². The van der Waals surface area contributed by atoms with Crippen LogP contribution in [0.5, 0.6) is 0 Å². The van der Waals surface area contributed by atoms with Crippen molar-refractivity contribution in [2.45, 2.75) is 37.5 Å². The summed E-state index contributed by atoms with van der Waals surface area (Å²) < 4.78 is 27.1. The molecule has 6 heteroatoms. The molecule has 1 fully saturated rings. The number of hydrogen-bond donors (Lipinski definition) is 3. The maximum atomic E-state index is 12.2. The molecule has 1 aliphatic rings. The molecule has 0 unspecified atom stereocenters. The number of sulfonamides is 1. The molecule has 1 aliphatic carbocycles. The highest BCUT2D eigenvalue weighted by molar-refractivity contribution is 7.89. The van der Waals surface area contributed by atoms with Crippen molar-refractivity contribution in [2.75, 3.05) is 18.9 Å². The summed E-state index contributed by atoms with van der Waals surface area (Å²) in [5.74, 6) is 0. The predicted octanol–water partition coefficient (Wildman–Crippen LogP) is 1.27. The fraction of sp³-hybridized carbons (Fsp3) is 0.571. The number of anilines is 1. The molecular weight excluding hydrogens is 276 g/mol. The Morgan fingerprint density at radius 2 is 2.10 bits per heavy atom. The molecule has 20 heavy (non-hydrogen) atoms. The van der Waals surface area contributed by atoms with Gasteiger partial charge in [-0.25, -0.2) is 13.1 Å². The fourth-order valence-corrected chi connectivity index (χ4v) is 3.51. The normalized spacial score (nSPS) is 17.1. The zero-order valence-electron chi connectivity index (χ0n) is 11.7. The summed E-state index contributed by atoms with van der Waals surface area (Å²) in [5.41, 5.74) is 7.25. The average molecular weight is 298 g/mol. The SMILES string of the molecule is CCc1ccc(S(=O)(=O)NCC2(CCO)CC2)cc1N. The van der Waals surface area contributed by atoms with Gasteiger partial charge in [0.25, 0.3) is 0 Å². The Kier molecular flexibility index (Phi) is 4.36. The molecule has 0 spiro atoms. The van der Waals surface area contributed by atoms with E-state index in [-0.39, 0.29) is 16.9 Å². The van der Waals surface area contributed by atoms with E-state index in [0.717, 1.165) is 24.8 Å². The van der Waals surface area contributed by atoms with Gasteiger partial charge in [0.15, 0.2) is 0 Å². The minimum atomic E-state index is -3.53. The lowest BCUT2D eigenvalue weighted by Gasteiger charge is -2.15. The van der Waals surface area contributed by atoms with Gasteiger partial charge in [-0.2, -0.15) is 0 Å². The second-order valence-electron chi connectivity index (χ2n) is 5.51. The minimum Gasteiger partial charge on any atom is -0.398 e. The van der Waals surface area contributed by atoms with Gasteiger partial charge in [0.05, 0.1) is 4.90 Å². The van der Waals surface area contributed by atoms with E-state index < -0.39 is 10.0 Å². The number of aliphatic hydroxyl groups excluding tert-OH is 1. The first-order valence-corrected chi connectivity index (χ1v) is 8.40. The van der Waals surface area contributed by atoms with Crippen LogP contribution in [0, 0.1) is 5.41 Å². The van der Waals surface area contributed by atoms with Gasteiger partial charge in [0.1, 0.15) is 0 Å². The van der Waals surface area contributed by atoms with Gasteiger partial charge in [-0.05, 0) is 48.8 Å². The van der Waals surface area contributed by atoms with E-state index in [0.29, 0.717) is 18.7 Å². The third-order valence-electron chi connectivity index (χ3n) is 4.04. The lowest BCUT2D eigenvalue weighted by atomic mass is 10.0. The second kappa shape index (κ2) is 5.71. The van der Waals surface area contributed by atoms with Gasteiger partial charge in [0.2, 0.25) is 10.0 Å². The summed E-state index contributed by atoms with van der Waals surface area (Å²) in [6, 6.07) is 4.85. The molecule has 0 heterocycles. The quantitative estimate of drug-likeness (QED) is 0.661. The molecule has 0 amide bonds. The van der Waals surface area contributed by atoms with Crippen molar-refractivity contribution in [1.82, 2.24) is 4.72 Å². The average Bonchev–Trinajstić information content (AvgIpc) is 3.17. The molecule has 0 saturated heterocycles. The standard InChI is InChI=1S/C14H22N2O3S/c1-2-11-3-4-12(9-13(11)15)20(18,19)16-10-14(5-6-14)7-8-17/h3-4,9,16-17H,2,5-8,10,15H2,1H3. The maximum Gasteiger partial charge on any atom is 0.240 e. The Balaban J connectivity index is 2.09. The smallest absolute Gasteiger partial charge is 0.240 e. The molecule has 1 aromatic rings. The molecule has 4 N–H and O–H groups in total. The van der Waals surface area contributed by atoms with Crippen LogP contribution in [0.2, 0.25) is 0 Å². The van der Waals surface area contributed by atoms with Crippen LogP contribution in [0.4, 0.5) is 5.69 Å². The van der Waals surface area contributed by atoms with Crippen LogP contribution in [0.15, 0.2) is 23.1 Å². The van der Waals surface area contributed by atoms with Crippen molar-refractivity contribution in [3.05, 3.63) is 23.8 Å². The van der Waals surface area contributed by atoms with E-state index in [1.54, 1.807) is 12.1 Å². The topological polar surface area (TPSA) is 92.4 Å². The van der Waals surface area contributed by atoms with Gasteiger partial charge in [-0.1, -0.05) is 13.0 Å². The number of nitrogens with two attached hydrogens (primary N) is 1. The van der Waals surface area contributed by atoms with Gasteiger partial charge >= 0.3 is 0 Å². The monoisotopic (exact) mass is 298 g/mol. The number of nitrogen functional groups attached to an aromatic ring is 1. The number of nitrogens with one attached hydrogen (secondary N) is 1. The zero-order valence-corrected chi connectivity index (χ0v) is 12.5. The van der Waals surface area contributed by atoms with Crippen molar-refractivity contribution in [2.24, 2.45) is 5.41 Å². The number of aryl methyl sites for hydroxylation is 1. The summed E-state index contributed by atoms with van der Waals surface area (Å²) in [6.07, 6.45) is 3.35. The van der Waals surface area contributed by atoms with Crippen LogP contribution in [0.1, 0.15) is 31.7 Å². The first kappa shape index (κ1) is 15.3. The summed E-state index contributed by atoms with van der Waals surface area (Å²) in [7, 11) is -3.53. The Hall–Kier alpha value is -1.11. The summed E-state index contributed by atoms with van der Waals surface area (Å²) in [4.78, 5) is 0.201. The molecule has 1 saturated carbocycles. The molecule has 112 valence electrons. The molecule has 0 bridgehead atoms. The molecule has 0 radical (unpaired) electrons. The van der Waals surface area contributed by atoms with Gasteiger partial charge in [-0.15, -0.1) is 0 Å². The molecule has 2 rings (SSSR count). The first-order chi connectivity index (χ1) is 9.42.